The number of rotatable bonds is 8. The molecule has 0 bridgehead atoms. The lowest BCUT2D eigenvalue weighted by Crippen LogP contribution is -2.54. The van der Waals surface area contributed by atoms with Crippen LogP contribution in [-0.4, -0.2) is 59.0 Å². The minimum atomic E-state index is -0.635. The predicted molar refractivity (Wildman–Crippen MR) is 132 cm³/mol. The summed E-state index contributed by atoms with van der Waals surface area (Å²) in [5, 5.41) is 0. The van der Waals surface area contributed by atoms with Crippen LogP contribution in [0.2, 0.25) is 0 Å². The van der Waals surface area contributed by atoms with Gasteiger partial charge in [-0.2, -0.15) is 0 Å². The highest BCUT2D eigenvalue weighted by Gasteiger charge is 2.45. The summed E-state index contributed by atoms with van der Waals surface area (Å²) in [5.41, 5.74) is 1.91. The second kappa shape index (κ2) is 12.1. The predicted octanol–water partition coefficient (Wildman–Crippen LogP) is 5.01. The van der Waals surface area contributed by atoms with E-state index in [0.29, 0.717) is 25.8 Å². The lowest BCUT2D eigenvalue weighted by atomic mass is 9.87. The number of halogens is 1. The minimum Gasteiger partial charge on any atom is -0.447 e. The lowest BCUT2D eigenvalue weighted by Gasteiger charge is -2.40. The van der Waals surface area contributed by atoms with Gasteiger partial charge in [0, 0.05) is 18.5 Å². The molecule has 2 aliphatic rings. The number of nitrogens with zero attached hydrogens (tertiary/aromatic N) is 2. The summed E-state index contributed by atoms with van der Waals surface area (Å²) >= 11 is 6.12. The van der Waals surface area contributed by atoms with E-state index in [9.17, 15) is 14.4 Å². The number of benzene rings is 2. The molecule has 0 radical (unpaired) electrons. The maximum Gasteiger partial charge on any atom is 0.416 e. The van der Waals surface area contributed by atoms with E-state index in [-0.39, 0.29) is 31.0 Å². The van der Waals surface area contributed by atoms with Gasteiger partial charge in [0.05, 0.1) is 12.0 Å². The second-order valence-electron chi connectivity index (χ2n) is 9.01. The van der Waals surface area contributed by atoms with E-state index in [2.05, 4.69) is 0 Å². The van der Waals surface area contributed by atoms with E-state index in [1.807, 2.05) is 60.7 Å². The Labute approximate surface area is 210 Å². The van der Waals surface area contributed by atoms with E-state index >= 15 is 0 Å². The number of cyclic esters (lactones) is 1. The van der Waals surface area contributed by atoms with Crippen LogP contribution in [0.3, 0.4) is 0 Å². The van der Waals surface area contributed by atoms with Gasteiger partial charge in [-0.25, -0.2) is 14.5 Å². The van der Waals surface area contributed by atoms with Crippen LogP contribution in [0.5, 0.6) is 0 Å². The molecule has 3 atom stereocenters. The van der Waals surface area contributed by atoms with Gasteiger partial charge in [-0.15, -0.1) is 11.6 Å². The van der Waals surface area contributed by atoms with E-state index in [1.165, 1.54) is 4.90 Å². The molecule has 2 heterocycles. The number of carbonyl (C=O) groups excluding carboxylic acids is 3. The van der Waals surface area contributed by atoms with Gasteiger partial charge in [0.15, 0.2) is 0 Å². The molecule has 2 saturated heterocycles. The normalized spacial score (nSPS) is 20.9. The first-order valence-corrected chi connectivity index (χ1v) is 12.7. The van der Waals surface area contributed by atoms with Crippen molar-refractivity contribution in [1.29, 1.82) is 0 Å². The van der Waals surface area contributed by atoms with E-state index < -0.39 is 24.1 Å². The molecule has 0 unspecified atom stereocenters. The Morgan fingerprint density at radius 2 is 1.71 bits per heavy atom. The quantitative estimate of drug-likeness (QED) is 0.478. The van der Waals surface area contributed by atoms with Gasteiger partial charge in [0.25, 0.3) is 0 Å². The van der Waals surface area contributed by atoms with Crippen LogP contribution >= 0.6 is 11.6 Å². The first kappa shape index (κ1) is 25.0. The molecule has 0 spiro atoms. The number of alkyl halides is 1. The molecule has 0 aromatic heterocycles. The van der Waals surface area contributed by atoms with Crippen molar-refractivity contribution >= 4 is 29.7 Å². The number of ether oxygens (including phenoxy) is 2. The highest BCUT2D eigenvalue weighted by Crippen LogP contribution is 2.31. The SMILES string of the molecule is O=C(OCc1ccccc1)N1CCCC[C@@H]1[C@@H](CCCl)C(=O)N1C(=O)OC[C@@H]1Cc1ccccc1. The number of hydrogen-bond acceptors (Lipinski definition) is 5. The van der Waals surface area contributed by atoms with Crippen LogP contribution in [0.4, 0.5) is 9.59 Å². The molecule has 186 valence electrons. The summed E-state index contributed by atoms with van der Waals surface area (Å²) in [7, 11) is 0. The first-order chi connectivity index (χ1) is 17.1. The van der Waals surface area contributed by atoms with Gasteiger partial charge in [0.2, 0.25) is 5.91 Å². The van der Waals surface area contributed by atoms with Crippen LogP contribution in [-0.2, 0) is 27.3 Å². The maximum absolute atomic E-state index is 13.8. The lowest BCUT2D eigenvalue weighted by molar-refractivity contribution is -0.136. The molecular weight excluding hydrogens is 468 g/mol. The molecule has 0 aliphatic carbocycles. The zero-order valence-electron chi connectivity index (χ0n) is 19.7. The third kappa shape index (κ3) is 6.14. The molecule has 0 saturated carbocycles. The zero-order chi connectivity index (χ0) is 24.6. The molecule has 8 heteroatoms. The van der Waals surface area contributed by atoms with Crippen molar-refractivity contribution in [2.45, 2.75) is 50.8 Å². The Morgan fingerprint density at radius 3 is 2.40 bits per heavy atom. The Morgan fingerprint density at radius 1 is 1.03 bits per heavy atom. The molecule has 2 fully saturated rings. The average Bonchev–Trinajstić information content (AvgIpc) is 3.26. The number of imide groups is 1. The Hall–Kier alpha value is -3.06. The number of carbonyl (C=O) groups is 3. The first-order valence-electron chi connectivity index (χ1n) is 12.2. The fourth-order valence-electron chi connectivity index (χ4n) is 4.95. The van der Waals surface area contributed by atoms with Crippen LogP contribution in [0.25, 0.3) is 0 Å². The minimum absolute atomic E-state index is 0.153. The Kier molecular flexibility index (Phi) is 8.64. The van der Waals surface area contributed by atoms with E-state index in [4.69, 9.17) is 21.1 Å². The van der Waals surface area contributed by atoms with Gasteiger partial charge in [0.1, 0.15) is 13.2 Å². The van der Waals surface area contributed by atoms with Gasteiger partial charge < -0.3 is 14.4 Å². The molecular formula is C27H31ClN2O5. The van der Waals surface area contributed by atoms with Gasteiger partial charge in [-0.1, -0.05) is 60.7 Å². The van der Waals surface area contributed by atoms with Crippen molar-refractivity contribution in [3.8, 4) is 0 Å². The molecule has 35 heavy (non-hydrogen) atoms. The van der Waals surface area contributed by atoms with Crippen molar-refractivity contribution in [2.75, 3.05) is 19.0 Å². The summed E-state index contributed by atoms with van der Waals surface area (Å²) in [6.45, 7) is 0.817. The summed E-state index contributed by atoms with van der Waals surface area (Å²) < 4.78 is 10.9. The second-order valence-corrected chi connectivity index (χ2v) is 9.39. The van der Waals surface area contributed by atoms with Crippen molar-refractivity contribution in [3.05, 3.63) is 71.8 Å². The van der Waals surface area contributed by atoms with Crippen LogP contribution < -0.4 is 0 Å². The fraction of sp³-hybridized carbons (Fsp3) is 0.444. The zero-order valence-corrected chi connectivity index (χ0v) is 20.4. The standard InChI is InChI=1S/C27H31ClN2O5/c28-15-14-23(25(31)30-22(19-35-27(30)33)17-20-9-3-1-4-10-20)24-13-7-8-16-29(24)26(32)34-18-21-11-5-2-6-12-21/h1-6,9-12,22-24H,7-8,13-19H2/t22-,23+,24+/m0/s1. The van der Waals surface area contributed by atoms with Gasteiger partial charge >= 0.3 is 12.2 Å². The van der Waals surface area contributed by atoms with Crippen LogP contribution in [0.1, 0.15) is 36.8 Å². The Balaban J connectivity index is 1.50. The molecule has 2 aliphatic heterocycles. The van der Waals surface area contributed by atoms with Crippen molar-refractivity contribution in [3.63, 3.8) is 0 Å². The topological polar surface area (TPSA) is 76.2 Å². The molecule has 7 nitrogen and oxygen atoms in total. The maximum atomic E-state index is 13.8. The average molecular weight is 499 g/mol. The van der Waals surface area contributed by atoms with Gasteiger partial charge in [-0.05, 0) is 43.2 Å². The number of amides is 3. The fourth-order valence-corrected chi connectivity index (χ4v) is 5.18. The number of likely N-dealkylation sites (tertiary alicyclic amines) is 1. The van der Waals surface area contributed by atoms with Crippen molar-refractivity contribution in [2.24, 2.45) is 5.92 Å². The van der Waals surface area contributed by atoms with Crippen molar-refractivity contribution < 1.29 is 23.9 Å². The number of piperidine rings is 1. The molecule has 3 amide bonds. The Bertz CT molecular complexity index is 1000. The third-order valence-electron chi connectivity index (χ3n) is 6.70. The van der Waals surface area contributed by atoms with Crippen molar-refractivity contribution in [1.82, 2.24) is 9.80 Å². The highest BCUT2D eigenvalue weighted by atomic mass is 35.5. The smallest absolute Gasteiger partial charge is 0.416 e. The highest BCUT2D eigenvalue weighted by molar-refractivity contribution is 6.18. The molecule has 2 aromatic rings. The van der Waals surface area contributed by atoms with E-state index in [1.54, 1.807) is 4.90 Å². The van der Waals surface area contributed by atoms with Gasteiger partial charge in [-0.3, -0.25) is 4.79 Å². The van der Waals surface area contributed by atoms with Crippen LogP contribution in [0.15, 0.2) is 60.7 Å². The monoisotopic (exact) mass is 498 g/mol. The molecule has 2 aromatic carbocycles. The molecule has 0 N–H and O–H groups in total. The summed E-state index contributed by atoms with van der Waals surface area (Å²) in [6, 6.07) is 18.4. The number of hydrogen-bond donors (Lipinski definition) is 0. The molecule has 4 rings (SSSR count). The summed E-state index contributed by atoms with van der Waals surface area (Å²) in [5.74, 6) is -0.700. The van der Waals surface area contributed by atoms with Crippen LogP contribution in [0, 0.1) is 5.92 Å². The summed E-state index contributed by atoms with van der Waals surface area (Å²) in [4.78, 5) is 42.4. The largest absolute Gasteiger partial charge is 0.447 e. The summed E-state index contributed by atoms with van der Waals surface area (Å²) in [6.07, 6.45) is 2.16. The third-order valence-corrected chi connectivity index (χ3v) is 6.92. The van der Waals surface area contributed by atoms with E-state index in [0.717, 1.165) is 24.0 Å².